The SMILES string of the molecule is COCCCN1C(=O)/C(=C\c2cnn(C)c2)N=C1SCC(=O)Nc1sc2c(c1C(=O)OC(C)C)CCCC2. The Bertz CT molecular complexity index is 1260. The van der Waals surface area contributed by atoms with Gasteiger partial charge < -0.3 is 14.8 Å². The number of thioether (sulfide) groups is 1. The Morgan fingerprint density at radius 1 is 1.29 bits per heavy atom. The number of carbonyl (C=O) groups is 3. The van der Waals surface area contributed by atoms with Crippen molar-refractivity contribution in [3.8, 4) is 0 Å². The molecule has 2 aliphatic rings. The smallest absolute Gasteiger partial charge is 0.341 e. The topological polar surface area (TPSA) is 115 Å². The van der Waals surface area contributed by atoms with E-state index in [1.165, 1.54) is 23.1 Å². The number of rotatable bonds is 10. The van der Waals surface area contributed by atoms with Crippen LogP contribution in [0.3, 0.4) is 0 Å². The molecule has 0 radical (unpaired) electrons. The third kappa shape index (κ3) is 6.72. The monoisotopic (exact) mass is 559 g/mol. The van der Waals surface area contributed by atoms with Gasteiger partial charge in [-0.3, -0.25) is 19.2 Å². The number of aromatic nitrogens is 2. The molecule has 2 amide bonds. The van der Waals surface area contributed by atoms with Gasteiger partial charge in [0.25, 0.3) is 5.91 Å². The lowest BCUT2D eigenvalue weighted by Crippen LogP contribution is -2.32. The zero-order chi connectivity index (χ0) is 27.2. The molecule has 0 aromatic carbocycles. The summed E-state index contributed by atoms with van der Waals surface area (Å²) in [4.78, 5) is 46.2. The summed E-state index contributed by atoms with van der Waals surface area (Å²) < 4.78 is 12.3. The van der Waals surface area contributed by atoms with Crippen LogP contribution in [0.25, 0.3) is 6.08 Å². The Kier molecular flexibility index (Phi) is 9.40. The van der Waals surface area contributed by atoms with Crippen molar-refractivity contribution >= 4 is 57.1 Å². The van der Waals surface area contributed by atoms with Crippen LogP contribution < -0.4 is 5.32 Å². The molecule has 4 rings (SSSR count). The second-order valence-corrected chi connectivity index (χ2v) is 11.4. The Morgan fingerprint density at radius 3 is 2.79 bits per heavy atom. The van der Waals surface area contributed by atoms with E-state index in [2.05, 4.69) is 15.4 Å². The van der Waals surface area contributed by atoms with Gasteiger partial charge in [0.05, 0.1) is 23.6 Å². The number of carbonyl (C=O) groups excluding carboxylic acids is 3. The highest BCUT2D eigenvalue weighted by Crippen LogP contribution is 2.39. The van der Waals surface area contributed by atoms with Gasteiger partial charge in [-0.1, -0.05) is 11.8 Å². The van der Waals surface area contributed by atoms with E-state index in [1.807, 2.05) is 13.8 Å². The molecule has 1 N–H and O–H groups in total. The lowest BCUT2D eigenvalue weighted by Gasteiger charge is -2.17. The van der Waals surface area contributed by atoms with E-state index >= 15 is 0 Å². The number of aryl methyl sites for hydroxylation is 2. The van der Waals surface area contributed by atoms with Gasteiger partial charge in [0, 0.05) is 43.9 Å². The second-order valence-electron chi connectivity index (χ2n) is 9.38. The number of hydrogen-bond acceptors (Lipinski definition) is 9. The molecule has 1 aliphatic heterocycles. The van der Waals surface area contributed by atoms with Crippen LogP contribution >= 0.6 is 23.1 Å². The molecule has 0 fully saturated rings. The van der Waals surface area contributed by atoms with Crippen molar-refractivity contribution in [3.05, 3.63) is 39.7 Å². The van der Waals surface area contributed by atoms with Crippen molar-refractivity contribution in [1.82, 2.24) is 14.7 Å². The summed E-state index contributed by atoms with van der Waals surface area (Å²) in [7, 11) is 3.41. The highest BCUT2D eigenvalue weighted by molar-refractivity contribution is 8.14. The van der Waals surface area contributed by atoms with E-state index in [-0.39, 0.29) is 23.7 Å². The molecular weight excluding hydrogens is 526 g/mol. The summed E-state index contributed by atoms with van der Waals surface area (Å²) >= 11 is 2.64. The summed E-state index contributed by atoms with van der Waals surface area (Å²) in [6, 6.07) is 0. The predicted octanol–water partition coefficient (Wildman–Crippen LogP) is 3.87. The summed E-state index contributed by atoms with van der Waals surface area (Å²) in [5.41, 5.74) is 2.54. The lowest BCUT2D eigenvalue weighted by atomic mass is 9.95. The van der Waals surface area contributed by atoms with E-state index in [9.17, 15) is 14.4 Å². The van der Waals surface area contributed by atoms with Crippen molar-refractivity contribution in [2.75, 3.05) is 31.3 Å². The third-order valence-corrected chi connectivity index (χ3v) is 8.16. The molecule has 0 saturated heterocycles. The number of ether oxygens (including phenoxy) is 2. The number of anilines is 1. The molecule has 3 heterocycles. The molecule has 0 unspecified atom stereocenters. The average molecular weight is 560 g/mol. The van der Waals surface area contributed by atoms with Crippen LogP contribution in [0.2, 0.25) is 0 Å². The van der Waals surface area contributed by atoms with Crippen LogP contribution in [0, 0.1) is 0 Å². The third-order valence-electron chi connectivity index (χ3n) is 5.97. The van der Waals surface area contributed by atoms with Gasteiger partial charge in [-0.15, -0.1) is 11.3 Å². The first-order valence-corrected chi connectivity index (χ1v) is 14.4. The first kappa shape index (κ1) is 28.1. The number of nitrogens with zero attached hydrogens (tertiary/aromatic N) is 4. The van der Waals surface area contributed by atoms with Gasteiger partial charge >= 0.3 is 5.97 Å². The molecule has 10 nitrogen and oxygen atoms in total. The van der Waals surface area contributed by atoms with Gasteiger partial charge in [-0.05, 0) is 57.6 Å². The van der Waals surface area contributed by atoms with Crippen LogP contribution in [0.1, 0.15) is 59.5 Å². The molecule has 38 heavy (non-hydrogen) atoms. The van der Waals surface area contributed by atoms with E-state index in [0.29, 0.717) is 41.0 Å². The Hall–Kier alpha value is -2.96. The summed E-state index contributed by atoms with van der Waals surface area (Å²) in [5, 5.41) is 8.06. The van der Waals surface area contributed by atoms with Gasteiger partial charge in [0.15, 0.2) is 5.17 Å². The zero-order valence-corrected chi connectivity index (χ0v) is 23.7. The minimum Gasteiger partial charge on any atom is -0.459 e. The Balaban J connectivity index is 1.48. The summed E-state index contributed by atoms with van der Waals surface area (Å²) in [6.07, 6.45) is 9.31. The maximum absolute atomic E-state index is 13.1. The summed E-state index contributed by atoms with van der Waals surface area (Å²) in [6.45, 7) is 4.55. The van der Waals surface area contributed by atoms with Crippen molar-refractivity contribution in [3.63, 3.8) is 0 Å². The molecule has 0 bridgehead atoms. The maximum atomic E-state index is 13.1. The number of amidine groups is 1. The van der Waals surface area contributed by atoms with Crippen LogP contribution in [0.5, 0.6) is 0 Å². The predicted molar refractivity (Wildman–Crippen MR) is 149 cm³/mol. The fourth-order valence-electron chi connectivity index (χ4n) is 4.31. The molecule has 1 aliphatic carbocycles. The van der Waals surface area contributed by atoms with E-state index in [0.717, 1.165) is 41.7 Å². The van der Waals surface area contributed by atoms with Gasteiger partial charge in [0.1, 0.15) is 10.7 Å². The Labute approximate surface area is 230 Å². The first-order chi connectivity index (χ1) is 18.3. The van der Waals surface area contributed by atoms with Crippen LogP contribution in [0.4, 0.5) is 5.00 Å². The van der Waals surface area contributed by atoms with Crippen molar-refractivity contribution in [2.24, 2.45) is 12.0 Å². The Morgan fingerprint density at radius 2 is 2.08 bits per heavy atom. The van der Waals surface area contributed by atoms with E-state index < -0.39 is 5.97 Å². The average Bonchev–Trinajstić information content (AvgIpc) is 3.53. The minimum atomic E-state index is -0.400. The highest BCUT2D eigenvalue weighted by Gasteiger charge is 2.32. The van der Waals surface area contributed by atoms with Crippen molar-refractivity contribution in [2.45, 2.75) is 52.1 Å². The lowest BCUT2D eigenvalue weighted by molar-refractivity contribution is -0.122. The molecule has 0 saturated carbocycles. The molecular formula is C26H33N5O5S2. The number of thiophene rings is 1. The number of amides is 2. The highest BCUT2D eigenvalue weighted by atomic mass is 32.2. The number of aliphatic imine (C=N–C) groups is 1. The molecule has 12 heteroatoms. The van der Waals surface area contributed by atoms with E-state index in [4.69, 9.17) is 9.47 Å². The maximum Gasteiger partial charge on any atom is 0.341 e. The largest absolute Gasteiger partial charge is 0.459 e. The van der Waals surface area contributed by atoms with Crippen molar-refractivity contribution in [1.29, 1.82) is 0 Å². The number of methoxy groups -OCH3 is 1. The van der Waals surface area contributed by atoms with Crippen molar-refractivity contribution < 1.29 is 23.9 Å². The fraction of sp³-hybridized carbons (Fsp3) is 0.500. The number of esters is 1. The molecule has 204 valence electrons. The van der Waals surface area contributed by atoms with Gasteiger partial charge in [-0.25, -0.2) is 9.79 Å². The van der Waals surface area contributed by atoms with Gasteiger partial charge in [-0.2, -0.15) is 5.10 Å². The molecule has 0 atom stereocenters. The number of nitrogens with one attached hydrogen (secondary N) is 1. The van der Waals surface area contributed by atoms with Gasteiger partial charge in [0.2, 0.25) is 5.91 Å². The number of hydrogen-bond donors (Lipinski definition) is 1. The molecule has 2 aromatic heterocycles. The van der Waals surface area contributed by atoms with Crippen LogP contribution in [-0.2, 0) is 39.0 Å². The fourth-order valence-corrected chi connectivity index (χ4v) is 6.43. The van der Waals surface area contributed by atoms with Crippen LogP contribution in [-0.4, -0.2) is 69.7 Å². The number of fused-ring (bicyclic) bond motifs is 1. The molecule has 0 spiro atoms. The second kappa shape index (κ2) is 12.7. The quantitative estimate of drug-likeness (QED) is 0.267. The standard InChI is InChI=1S/C26H33N5O5S2/c1-16(2)36-25(34)22-18-8-5-6-9-20(18)38-23(22)29-21(32)15-37-26-28-19(12-17-13-27-30(3)14-17)24(33)31(26)10-7-11-35-4/h12-14,16H,5-11,15H2,1-4H3,(H,29,32)/b19-12+. The first-order valence-electron chi connectivity index (χ1n) is 12.6. The normalized spacial score (nSPS) is 16.2. The zero-order valence-electron chi connectivity index (χ0n) is 22.1. The van der Waals surface area contributed by atoms with E-state index in [1.54, 1.807) is 42.2 Å². The molecule has 2 aromatic rings. The summed E-state index contributed by atoms with van der Waals surface area (Å²) in [5.74, 6) is -0.863. The minimum absolute atomic E-state index is 0.0360. The van der Waals surface area contributed by atoms with Crippen LogP contribution in [0.15, 0.2) is 23.1 Å².